The molecule has 0 aliphatic carbocycles. The van der Waals surface area contributed by atoms with E-state index < -0.39 is 0 Å². The van der Waals surface area contributed by atoms with Gasteiger partial charge in [-0.2, -0.15) is 0 Å². The molecule has 2 aromatic rings. The molecule has 0 radical (unpaired) electrons. The SMILES string of the molecule is CC[C@@H](N)c1ccc(Oc2cc(Br)c(OC)cc2Br)cc1. The molecule has 0 amide bonds. The van der Waals surface area contributed by atoms with Crippen LogP contribution in [0, 0.1) is 0 Å². The van der Waals surface area contributed by atoms with Gasteiger partial charge in [-0.1, -0.05) is 19.1 Å². The fraction of sp³-hybridized carbons (Fsp3) is 0.250. The van der Waals surface area contributed by atoms with Gasteiger partial charge in [0.15, 0.2) is 0 Å². The summed E-state index contributed by atoms with van der Waals surface area (Å²) in [5.41, 5.74) is 7.12. The molecule has 1 atom stereocenters. The molecule has 21 heavy (non-hydrogen) atoms. The smallest absolute Gasteiger partial charge is 0.143 e. The Bertz CT molecular complexity index is 614. The molecule has 5 heteroatoms. The van der Waals surface area contributed by atoms with Crippen LogP contribution in [0.5, 0.6) is 17.2 Å². The zero-order chi connectivity index (χ0) is 15.4. The van der Waals surface area contributed by atoms with E-state index in [-0.39, 0.29) is 6.04 Å². The molecule has 0 bridgehead atoms. The number of methoxy groups -OCH3 is 1. The highest BCUT2D eigenvalue weighted by Crippen LogP contribution is 2.38. The summed E-state index contributed by atoms with van der Waals surface area (Å²) in [6.07, 6.45) is 0.914. The molecular weight excluding hydrogens is 398 g/mol. The predicted molar refractivity (Wildman–Crippen MR) is 92.1 cm³/mol. The number of benzene rings is 2. The highest BCUT2D eigenvalue weighted by Gasteiger charge is 2.10. The Morgan fingerprint density at radius 1 is 1.05 bits per heavy atom. The van der Waals surface area contributed by atoms with E-state index in [1.54, 1.807) is 7.11 Å². The Labute approximate surface area is 141 Å². The van der Waals surface area contributed by atoms with Crippen molar-refractivity contribution < 1.29 is 9.47 Å². The van der Waals surface area contributed by atoms with Crippen molar-refractivity contribution in [3.63, 3.8) is 0 Å². The molecule has 0 spiro atoms. The number of hydrogen-bond donors (Lipinski definition) is 1. The van der Waals surface area contributed by atoms with Crippen molar-refractivity contribution in [1.82, 2.24) is 0 Å². The summed E-state index contributed by atoms with van der Waals surface area (Å²) < 4.78 is 12.8. The maximum atomic E-state index is 6.00. The quantitative estimate of drug-likeness (QED) is 0.709. The normalized spacial score (nSPS) is 12.0. The zero-order valence-corrected chi connectivity index (χ0v) is 15.1. The van der Waals surface area contributed by atoms with Crippen LogP contribution >= 0.6 is 31.9 Å². The summed E-state index contributed by atoms with van der Waals surface area (Å²) in [6, 6.07) is 11.6. The Kier molecular flexibility index (Phi) is 5.67. The van der Waals surface area contributed by atoms with Gasteiger partial charge in [0.25, 0.3) is 0 Å². The van der Waals surface area contributed by atoms with Crippen LogP contribution in [-0.4, -0.2) is 7.11 Å². The van der Waals surface area contributed by atoms with Gasteiger partial charge in [-0.3, -0.25) is 0 Å². The van der Waals surface area contributed by atoms with Crippen molar-refractivity contribution in [2.45, 2.75) is 19.4 Å². The lowest BCUT2D eigenvalue weighted by atomic mass is 10.1. The molecule has 0 fully saturated rings. The predicted octanol–water partition coefficient (Wildman–Crippen LogP) is 5.42. The fourth-order valence-corrected chi connectivity index (χ4v) is 2.78. The van der Waals surface area contributed by atoms with Crippen LogP contribution in [0.1, 0.15) is 24.9 Å². The largest absolute Gasteiger partial charge is 0.496 e. The Morgan fingerprint density at radius 3 is 2.19 bits per heavy atom. The molecule has 2 aromatic carbocycles. The van der Waals surface area contributed by atoms with Crippen LogP contribution < -0.4 is 15.2 Å². The van der Waals surface area contributed by atoms with Gasteiger partial charge in [0.05, 0.1) is 16.1 Å². The molecule has 2 N–H and O–H groups in total. The molecule has 0 saturated heterocycles. The first-order chi connectivity index (χ1) is 10.0. The molecular formula is C16H17Br2NO2. The van der Waals surface area contributed by atoms with Crippen LogP contribution in [-0.2, 0) is 0 Å². The topological polar surface area (TPSA) is 44.5 Å². The maximum Gasteiger partial charge on any atom is 0.143 e. The molecule has 0 unspecified atom stereocenters. The standard InChI is InChI=1S/C16H17Br2NO2/c1-3-14(19)10-4-6-11(7-5-10)21-16-9-12(17)15(20-2)8-13(16)18/h4-9,14H,3,19H2,1-2H3/t14-/m1/s1. The van der Waals surface area contributed by atoms with E-state index in [0.717, 1.165) is 38.2 Å². The minimum absolute atomic E-state index is 0.0703. The van der Waals surface area contributed by atoms with Gasteiger partial charge in [0.1, 0.15) is 17.2 Å². The monoisotopic (exact) mass is 413 g/mol. The van der Waals surface area contributed by atoms with E-state index in [1.807, 2.05) is 36.4 Å². The Hall–Kier alpha value is -1.04. The molecule has 3 nitrogen and oxygen atoms in total. The summed E-state index contributed by atoms with van der Waals surface area (Å²) in [7, 11) is 1.63. The first-order valence-electron chi connectivity index (χ1n) is 6.61. The lowest BCUT2D eigenvalue weighted by molar-refractivity contribution is 0.409. The number of rotatable bonds is 5. The molecule has 0 saturated carbocycles. The third-order valence-electron chi connectivity index (χ3n) is 3.18. The van der Waals surface area contributed by atoms with Gasteiger partial charge in [-0.05, 0) is 68.1 Å². The van der Waals surface area contributed by atoms with E-state index in [0.29, 0.717) is 0 Å². The second kappa shape index (κ2) is 7.29. The minimum Gasteiger partial charge on any atom is -0.496 e. The summed E-state index contributed by atoms with van der Waals surface area (Å²) >= 11 is 6.94. The van der Waals surface area contributed by atoms with Crippen LogP contribution in [0.3, 0.4) is 0 Å². The van der Waals surface area contributed by atoms with Crippen molar-refractivity contribution in [3.05, 3.63) is 50.9 Å². The van der Waals surface area contributed by atoms with Gasteiger partial charge in [-0.25, -0.2) is 0 Å². The third kappa shape index (κ3) is 3.99. The van der Waals surface area contributed by atoms with Crippen LogP contribution in [0.4, 0.5) is 0 Å². The Balaban J connectivity index is 2.20. The molecule has 112 valence electrons. The lowest BCUT2D eigenvalue weighted by Crippen LogP contribution is -2.08. The first kappa shape index (κ1) is 16.3. The van der Waals surface area contributed by atoms with Crippen LogP contribution in [0.25, 0.3) is 0 Å². The third-order valence-corrected chi connectivity index (χ3v) is 4.42. The molecule has 2 rings (SSSR count). The van der Waals surface area contributed by atoms with E-state index >= 15 is 0 Å². The first-order valence-corrected chi connectivity index (χ1v) is 8.20. The van der Waals surface area contributed by atoms with E-state index in [4.69, 9.17) is 15.2 Å². The van der Waals surface area contributed by atoms with Gasteiger partial charge in [0, 0.05) is 6.04 Å². The highest BCUT2D eigenvalue weighted by atomic mass is 79.9. The van der Waals surface area contributed by atoms with Gasteiger partial charge >= 0.3 is 0 Å². The van der Waals surface area contributed by atoms with Crippen molar-refractivity contribution in [2.75, 3.05) is 7.11 Å². The van der Waals surface area contributed by atoms with Crippen molar-refractivity contribution >= 4 is 31.9 Å². The number of halogens is 2. The molecule has 0 heterocycles. The number of nitrogens with two attached hydrogens (primary N) is 1. The molecule has 0 aliphatic rings. The summed E-state index contributed by atoms with van der Waals surface area (Å²) in [5.74, 6) is 2.23. The van der Waals surface area contributed by atoms with Crippen LogP contribution in [0.2, 0.25) is 0 Å². The fourth-order valence-electron chi connectivity index (χ4n) is 1.89. The van der Waals surface area contributed by atoms with Gasteiger partial charge < -0.3 is 15.2 Å². The Morgan fingerprint density at radius 2 is 1.62 bits per heavy atom. The zero-order valence-electron chi connectivity index (χ0n) is 11.9. The van der Waals surface area contributed by atoms with E-state index in [2.05, 4.69) is 38.8 Å². The van der Waals surface area contributed by atoms with E-state index in [1.165, 1.54) is 0 Å². The highest BCUT2D eigenvalue weighted by molar-refractivity contribution is 9.11. The summed E-state index contributed by atoms with van der Waals surface area (Å²) in [5, 5.41) is 0. The van der Waals surface area contributed by atoms with Crippen molar-refractivity contribution in [3.8, 4) is 17.2 Å². The van der Waals surface area contributed by atoms with Gasteiger partial charge in [-0.15, -0.1) is 0 Å². The minimum atomic E-state index is 0.0703. The summed E-state index contributed by atoms with van der Waals surface area (Å²) in [6.45, 7) is 2.07. The average Bonchev–Trinajstić information content (AvgIpc) is 2.50. The molecule has 0 aliphatic heterocycles. The maximum absolute atomic E-state index is 6.00. The second-order valence-electron chi connectivity index (χ2n) is 4.60. The summed E-state index contributed by atoms with van der Waals surface area (Å²) in [4.78, 5) is 0. The number of hydrogen-bond acceptors (Lipinski definition) is 3. The average molecular weight is 415 g/mol. The van der Waals surface area contributed by atoms with E-state index in [9.17, 15) is 0 Å². The molecule has 0 aromatic heterocycles. The van der Waals surface area contributed by atoms with Crippen LogP contribution in [0.15, 0.2) is 45.3 Å². The van der Waals surface area contributed by atoms with Gasteiger partial charge in [0.2, 0.25) is 0 Å². The number of ether oxygens (including phenoxy) is 2. The van der Waals surface area contributed by atoms with Crippen molar-refractivity contribution in [2.24, 2.45) is 5.73 Å². The van der Waals surface area contributed by atoms with Crippen molar-refractivity contribution in [1.29, 1.82) is 0 Å². The lowest BCUT2D eigenvalue weighted by Gasteiger charge is -2.13. The second-order valence-corrected chi connectivity index (χ2v) is 6.31.